The van der Waals surface area contributed by atoms with Crippen LogP contribution in [0.15, 0.2) is 12.2 Å². The second-order valence-corrected chi connectivity index (χ2v) is 6.93. The second-order valence-electron chi connectivity index (χ2n) is 5.60. The lowest BCUT2D eigenvalue weighted by molar-refractivity contribution is -0.0781. The fraction of sp³-hybridized carbons (Fsp3) is 0.857. The largest absolute Gasteiger partial charge is 0.370 e. The Hall–Kier alpha value is 0.470. The minimum absolute atomic E-state index is 0.129. The first-order valence-electron chi connectivity index (χ1n) is 6.63. The normalized spacial score (nSPS) is 36.3. The molecular formula is C14H22BrClO. The van der Waals surface area contributed by atoms with Crippen LogP contribution in [0.5, 0.6) is 0 Å². The minimum atomic E-state index is 0.129. The molecule has 1 aliphatic heterocycles. The SMILES string of the molecule is C=C(CCl)C[C@H]1OC2(CCCCC2)[C@H](C)[C@@H]1Br. The van der Waals surface area contributed by atoms with E-state index >= 15 is 0 Å². The van der Waals surface area contributed by atoms with Gasteiger partial charge in [0.05, 0.1) is 11.7 Å². The quantitative estimate of drug-likeness (QED) is 0.542. The monoisotopic (exact) mass is 320 g/mol. The summed E-state index contributed by atoms with van der Waals surface area (Å²) in [5, 5.41) is 0. The van der Waals surface area contributed by atoms with Gasteiger partial charge >= 0.3 is 0 Å². The van der Waals surface area contributed by atoms with Crippen LogP contribution in [0.25, 0.3) is 0 Å². The van der Waals surface area contributed by atoms with Gasteiger partial charge in [-0.25, -0.2) is 0 Å². The number of alkyl halides is 2. The Bertz CT molecular complexity index is 286. The van der Waals surface area contributed by atoms with E-state index in [1.807, 2.05) is 0 Å². The van der Waals surface area contributed by atoms with Gasteiger partial charge in [0.2, 0.25) is 0 Å². The van der Waals surface area contributed by atoms with Crippen molar-refractivity contribution in [2.45, 2.75) is 62.0 Å². The van der Waals surface area contributed by atoms with Gasteiger partial charge < -0.3 is 4.74 Å². The summed E-state index contributed by atoms with van der Waals surface area (Å²) in [7, 11) is 0. The third-order valence-electron chi connectivity index (χ3n) is 4.43. The summed E-state index contributed by atoms with van der Waals surface area (Å²) in [5.41, 5.74) is 1.21. The van der Waals surface area contributed by atoms with Crippen LogP contribution in [0.2, 0.25) is 0 Å². The topological polar surface area (TPSA) is 9.23 Å². The molecule has 1 saturated heterocycles. The van der Waals surface area contributed by atoms with Gasteiger partial charge in [-0.15, -0.1) is 11.6 Å². The van der Waals surface area contributed by atoms with Gasteiger partial charge in [-0.1, -0.05) is 54.3 Å². The standard InChI is InChI=1S/C14H22BrClO/c1-10(9-16)8-12-13(15)11(2)14(17-12)6-4-3-5-7-14/h11-13H,1,3-9H2,2H3/t11-,12-,13+/m1/s1. The summed E-state index contributed by atoms with van der Waals surface area (Å²) in [4.78, 5) is 0.445. The molecule has 2 fully saturated rings. The minimum Gasteiger partial charge on any atom is -0.370 e. The highest BCUT2D eigenvalue weighted by Gasteiger charge is 2.51. The molecule has 1 nitrogen and oxygen atoms in total. The van der Waals surface area contributed by atoms with Crippen LogP contribution in [-0.4, -0.2) is 22.4 Å². The molecule has 2 rings (SSSR count). The molecule has 0 bridgehead atoms. The number of ether oxygens (including phenoxy) is 1. The van der Waals surface area contributed by atoms with E-state index in [-0.39, 0.29) is 11.7 Å². The van der Waals surface area contributed by atoms with Crippen LogP contribution < -0.4 is 0 Å². The van der Waals surface area contributed by atoms with Gasteiger partial charge in [-0.3, -0.25) is 0 Å². The fourth-order valence-electron chi connectivity index (χ4n) is 3.30. The Kier molecular flexibility index (Phi) is 4.60. The Balaban J connectivity index is 2.05. The van der Waals surface area contributed by atoms with Crippen LogP contribution in [0.1, 0.15) is 45.4 Å². The zero-order chi connectivity index (χ0) is 12.5. The van der Waals surface area contributed by atoms with E-state index in [9.17, 15) is 0 Å². The molecule has 3 heteroatoms. The van der Waals surface area contributed by atoms with Crippen molar-refractivity contribution in [1.29, 1.82) is 0 Å². The predicted molar refractivity (Wildman–Crippen MR) is 77.0 cm³/mol. The average molecular weight is 322 g/mol. The molecular weight excluding hydrogens is 300 g/mol. The number of hydrogen-bond donors (Lipinski definition) is 0. The number of halogens is 2. The van der Waals surface area contributed by atoms with Gasteiger partial charge in [-0.2, -0.15) is 0 Å². The van der Waals surface area contributed by atoms with E-state index < -0.39 is 0 Å². The van der Waals surface area contributed by atoms with Crippen LogP contribution in [0, 0.1) is 5.92 Å². The van der Waals surface area contributed by atoms with Crippen molar-refractivity contribution in [3.63, 3.8) is 0 Å². The lowest BCUT2D eigenvalue weighted by Crippen LogP contribution is -2.37. The third kappa shape index (κ3) is 2.74. The highest BCUT2D eigenvalue weighted by atomic mass is 79.9. The molecule has 1 spiro atoms. The van der Waals surface area contributed by atoms with Crippen LogP contribution in [-0.2, 0) is 4.74 Å². The molecule has 1 aliphatic carbocycles. The van der Waals surface area contributed by atoms with Crippen molar-refractivity contribution in [1.82, 2.24) is 0 Å². The molecule has 98 valence electrons. The molecule has 0 N–H and O–H groups in total. The van der Waals surface area contributed by atoms with Crippen LogP contribution >= 0.6 is 27.5 Å². The summed E-state index contributed by atoms with van der Waals surface area (Å²) in [6.07, 6.45) is 7.59. The summed E-state index contributed by atoms with van der Waals surface area (Å²) >= 11 is 9.65. The van der Waals surface area contributed by atoms with Gasteiger partial charge in [0, 0.05) is 16.6 Å². The molecule has 0 amide bonds. The molecule has 2 aliphatic rings. The van der Waals surface area contributed by atoms with Crippen LogP contribution in [0.3, 0.4) is 0 Å². The fourth-order valence-corrected chi connectivity index (χ4v) is 4.19. The lowest BCUT2D eigenvalue weighted by atomic mass is 9.76. The average Bonchev–Trinajstić information content (AvgIpc) is 2.56. The molecule has 0 aromatic rings. The first-order chi connectivity index (χ1) is 8.09. The Labute approximate surface area is 118 Å². The summed E-state index contributed by atoms with van der Waals surface area (Å²) in [6.45, 7) is 6.32. The van der Waals surface area contributed by atoms with Crippen LogP contribution in [0.4, 0.5) is 0 Å². The van der Waals surface area contributed by atoms with E-state index in [2.05, 4.69) is 29.4 Å². The van der Waals surface area contributed by atoms with E-state index in [1.54, 1.807) is 0 Å². The molecule has 1 heterocycles. The molecule has 0 aromatic heterocycles. The van der Waals surface area contributed by atoms with Gasteiger partial charge in [-0.05, 0) is 19.3 Å². The maximum atomic E-state index is 6.42. The first kappa shape index (κ1) is 13.9. The van der Waals surface area contributed by atoms with Gasteiger partial charge in [0.15, 0.2) is 0 Å². The predicted octanol–water partition coefficient (Wildman–Crippen LogP) is 4.67. The number of hydrogen-bond acceptors (Lipinski definition) is 1. The Morgan fingerprint density at radius 2 is 2.06 bits per heavy atom. The molecule has 3 atom stereocenters. The molecule has 1 saturated carbocycles. The first-order valence-corrected chi connectivity index (χ1v) is 8.08. The number of rotatable bonds is 3. The molecule has 0 unspecified atom stereocenters. The zero-order valence-electron chi connectivity index (χ0n) is 10.6. The third-order valence-corrected chi connectivity index (χ3v) is 6.19. The highest BCUT2D eigenvalue weighted by molar-refractivity contribution is 9.09. The smallest absolute Gasteiger partial charge is 0.0748 e. The van der Waals surface area contributed by atoms with Crippen molar-refractivity contribution < 1.29 is 4.74 Å². The van der Waals surface area contributed by atoms with E-state index in [1.165, 1.54) is 32.1 Å². The summed E-state index contributed by atoms with van der Waals surface area (Å²) < 4.78 is 6.42. The molecule has 0 aromatic carbocycles. The maximum absolute atomic E-state index is 6.42. The van der Waals surface area contributed by atoms with E-state index in [0.717, 1.165) is 12.0 Å². The zero-order valence-corrected chi connectivity index (χ0v) is 12.9. The molecule has 0 radical (unpaired) electrons. The van der Waals surface area contributed by atoms with E-state index in [0.29, 0.717) is 16.6 Å². The van der Waals surface area contributed by atoms with Crippen molar-refractivity contribution in [2.75, 3.05) is 5.88 Å². The maximum Gasteiger partial charge on any atom is 0.0748 e. The van der Waals surface area contributed by atoms with Crippen molar-refractivity contribution >= 4 is 27.5 Å². The summed E-state index contributed by atoms with van der Waals surface area (Å²) in [5.74, 6) is 1.14. The Morgan fingerprint density at radius 1 is 1.41 bits per heavy atom. The van der Waals surface area contributed by atoms with Gasteiger partial charge in [0.25, 0.3) is 0 Å². The summed E-state index contributed by atoms with van der Waals surface area (Å²) in [6, 6.07) is 0. The van der Waals surface area contributed by atoms with Crippen molar-refractivity contribution in [3.8, 4) is 0 Å². The second kappa shape index (κ2) is 5.63. The van der Waals surface area contributed by atoms with Crippen molar-refractivity contribution in [2.24, 2.45) is 5.92 Å². The van der Waals surface area contributed by atoms with Crippen molar-refractivity contribution in [3.05, 3.63) is 12.2 Å². The lowest BCUT2D eigenvalue weighted by Gasteiger charge is -2.37. The van der Waals surface area contributed by atoms with Gasteiger partial charge in [0.1, 0.15) is 0 Å². The highest BCUT2D eigenvalue weighted by Crippen LogP contribution is 2.49. The van der Waals surface area contributed by atoms with E-state index in [4.69, 9.17) is 16.3 Å². The Morgan fingerprint density at radius 3 is 2.65 bits per heavy atom. The molecule has 17 heavy (non-hydrogen) atoms.